The quantitative estimate of drug-likeness (QED) is 0.863. The highest BCUT2D eigenvalue weighted by Crippen LogP contribution is 2.28. The van der Waals surface area contributed by atoms with Crippen molar-refractivity contribution in [3.8, 4) is 0 Å². The van der Waals surface area contributed by atoms with Crippen LogP contribution in [0.1, 0.15) is 31.9 Å². The van der Waals surface area contributed by atoms with Crippen LogP contribution < -0.4 is 10.2 Å². The van der Waals surface area contributed by atoms with E-state index in [0.717, 1.165) is 26.1 Å². The maximum absolute atomic E-state index is 3.56. The average molecular weight is 246 g/mol. The lowest BCUT2D eigenvalue weighted by molar-refractivity contribution is 0.563. The summed E-state index contributed by atoms with van der Waals surface area (Å²) in [6, 6.07) is 7.27. The fourth-order valence-electron chi connectivity index (χ4n) is 2.96. The first-order chi connectivity index (χ1) is 8.63. The molecule has 1 fully saturated rings. The van der Waals surface area contributed by atoms with Gasteiger partial charge in [-0.05, 0) is 43.9 Å². The minimum Gasteiger partial charge on any atom is -0.367 e. The molecule has 2 nitrogen and oxygen atoms in total. The summed E-state index contributed by atoms with van der Waals surface area (Å²) in [6.45, 7) is 12.5. The molecule has 0 aliphatic carbocycles. The molecule has 0 bridgehead atoms. The van der Waals surface area contributed by atoms with Gasteiger partial charge in [-0.25, -0.2) is 0 Å². The van der Waals surface area contributed by atoms with Crippen molar-refractivity contribution in [2.45, 2.75) is 40.2 Å². The molecule has 100 valence electrons. The van der Waals surface area contributed by atoms with Crippen LogP contribution in [0.4, 0.5) is 5.69 Å². The Bertz CT molecular complexity index is 400. The maximum Gasteiger partial charge on any atom is 0.0431 e. The topological polar surface area (TPSA) is 15.3 Å². The molecule has 1 aliphatic rings. The molecule has 2 heteroatoms. The van der Waals surface area contributed by atoms with Crippen molar-refractivity contribution in [2.75, 3.05) is 24.5 Å². The minimum atomic E-state index is 0.571. The van der Waals surface area contributed by atoms with E-state index in [1.54, 1.807) is 0 Å². The normalized spacial score (nSPS) is 25.0. The Labute approximate surface area is 111 Å². The van der Waals surface area contributed by atoms with Gasteiger partial charge in [0.05, 0.1) is 0 Å². The fraction of sp³-hybridized carbons (Fsp3) is 0.625. The number of aryl methyl sites for hydroxylation is 2. The molecule has 1 saturated heterocycles. The third-order valence-corrected chi connectivity index (χ3v) is 3.96. The number of nitrogens with zero attached hydrogens (tertiary/aromatic N) is 1. The van der Waals surface area contributed by atoms with Crippen LogP contribution in [0.25, 0.3) is 0 Å². The van der Waals surface area contributed by atoms with E-state index >= 15 is 0 Å². The highest BCUT2D eigenvalue weighted by atomic mass is 15.2. The first kappa shape index (κ1) is 13.4. The van der Waals surface area contributed by atoms with Crippen molar-refractivity contribution in [1.82, 2.24) is 5.32 Å². The van der Waals surface area contributed by atoms with E-state index < -0.39 is 0 Å². The lowest BCUT2D eigenvalue weighted by atomic mass is 10.0. The summed E-state index contributed by atoms with van der Waals surface area (Å²) >= 11 is 0. The summed E-state index contributed by atoms with van der Waals surface area (Å²) < 4.78 is 0. The largest absolute Gasteiger partial charge is 0.367 e. The smallest absolute Gasteiger partial charge is 0.0431 e. The van der Waals surface area contributed by atoms with Crippen molar-refractivity contribution in [2.24, 2.45) is 5.92 Å². The second kappa shape index (κ2) is 5.75. The van der Waals surface area contributed by atoms with E-state index in [1.165, 1.54) is 16.8 Å². The fourth-order valence-corrected chi connectivity index (χ4v) is 2.96. The number of nitrogens with one attached hydrogen (secondary N) is 1. The van der Waals surface area contributed by atoms with Crippen LogP contribution in [-0.4, -0.2) is 25.7 Å². The van der Waals surface area contributed by atoms with Gasteiger partial charge in [-0.1, -0.05) is 32.0 Å². The molecule has 2 rings (SSSR count). The van der Waals surface area contributed by atoms with Crippen LogP contribution in [-0.2, 0) is 6.42 Å². The predicted molar refractivity (Wildman–Crippen MR) is 79.4 cm³/mol. The lowest BCUT2D eigenvalue weighted by Crippen LogP contribution is -2.39. The molecule has 1 aromatic rings. The molecule has 0 aromatic heterocycles. The Kier molecular flexibility index (Phi) is 4.28. The van der Waals surface area contributed by atoms with Crippen molar-refractivity contribution >= 4 is 5.69 Å². The SMILES string of the molecule is CCc1cccc(C)c1N1CC(C)CNCC1C. The van der Waals surface area contributed by atoms with Gasteiger partial charge in [0.15, 0.2) is 0 Å². The Morgan fingerprint density at radius 1 is 1.28 bits per heavy atom. The number of rotatable bonds is 2. The van der Waals surface area contributed by atoms with Crippen molar-refractivity contribution in [3.05, 3.63) is 29.3 Å². The van der Waals surface area contributed by atoms with Gasteiger partial charge in [-0.2, -0.15) is 0 Å². The molecule has 1 heterocycles. The van der Waals surface area contributed by atoms with E-state index in [2.05, 4.69) is 56.1 Å². The Balaban J connectivity index is 2.38. The second-order valence-corrected chi connectivity index (χ2v) is 5.70. The minimum absolute atomic E-state index is 0.571. The molecule has 0 saturated carbocycles. The summed E-state index contributed by atoms with van der Waals surface area (Å²) in [5.74, 6) is 0.708. The number of benzene rings is 1. The monoisotopic (exact) mass is 246 g/mol. The van der Waals surface area contributed by atoms with Crippen LogP contribution in [0.15, 0.2) is 18.2 Å². The van der Waals surface area contributed by atoms with E-state index in [0.29, 0.717) is 12.0 Å². The van der Waals surface area contributed by atoms with E-state index in [9.17, 15) is 0 Å². The van der Waals surface area contributed by atoms with Gasteiger partial charge in [0.25, 0.3) is 0 Å². The average Bonchev–Trinajstić information content (AvgIpc) is 2.51. The number of hydrogen-bond donors (Lipinski definition) is 1. The molecule has 1 aliphatic heterocycles. The zero-order valence-electron chi connectivity index (χ0n) is 12.2. The van der Waals surface area contributed by atoms with Crippen LogP contribution in [0.5, 0.6) is 0 Å². The first-order valence-corrected chi connectivity index (χ1v) is 7.19. The summed E-state index contributed by atoms with van der Waals surface area (Å²) in [5, 5.41) is 3.56. The van der Waals surface area contributed by atoms with Gasteiger partial charge < -0.3 is 10.2 Å². The molecular weight excluding hydrogens is 220 g/mol. The van der Waals surface area contributed by atoms with Crippen LogP contribution in [0.2, 0.25) is 0 Å². The van der Waals surface area contributed by atoms with E-state index in [-0.39, 0.29) is 0 Å². The van der Waals surface area contributed by atoms with Gasteiger partial charge in [0.2, 0.25) is 0 Å². The van der Waals surface area contributed by atoms with Gasteiger partial charge in [-0.15, -0.1) is 0 Å². The number of anilines is 1. The molecule has 1 N–H and O–H groups in total. The molecule has 0 radical (unpaired) electrons. The van der Waals surface area contributed by atoms with Gasteiger partial charge in [0.1, 0.15) is 0 Å². The standard InChI is InChI=1S/C16H26N2/c1-5-15-8-6-7-13(3)16(15)18-11-12(2)9-17-10-14(18)4/h6-8,12,14,17H,5,9-11H2,1-4H3. The van der Waals surface area contributed by atoms with Gasteiger partial charge >= 0.3 is 0 Å². The molecular formula is C16H26N2. The van der Waals surface area contributed by atoms with Crippen molar-refractivity contribution < 1.29 is 0 Å². The van der Waals surface area contributed by atoms with Crippen LogP contribution >= 0.6 is 0 Å². The number of para-hydroxylation sites is 1. The number of hydrogen-bond acceptors (Lipinski definition) is 2. The van der Waals surface area contributed by atoms with Crippen molar-refractivity contribution in [1.29, 1.82) is 0 Å². The molecule has 2 atom stereocenters. The summed E-state index contributed by atoms with van der Waals surface area (Å²) in [6.07, 6.45) is 1.11. The van der Waals surface area contributed by atoms with Gasteiger partial charge in [0, 0.05) is 24.8 Å². The third-order valence-electron chi connectivity index (χ3n) is 3.96. The van der Waals surface area contributed by atoms with E-state index in [1.807, 2.05) is 0 Å². The summed E-state index contributed by atoms with van der Waals surface area (Å²) in [4.78, 5) is 2.61. The van der Waals surface area contributed by atoms with E-state index in [4.69, 9.17) is 0 Å². The zero-order valence-corrected chi connectivity index (χ0v) is 12.2. The lowest BCUT2D eigenvalue weighted by Gasteiger charge is -2.33. The summed E-state index contributed by atoms with van der Waals surface area (Å²) in [5.41, 5.74) is 4.37. The predicted octanol–water partition coefficient (Wildman–Crippen LogP) is 2.99. The summed E-state index contributed by atoms with van der Waals surface area (Å²) in [7, 11) is 0. The highest BCUT2D eigenvalue weighted by Gasteiger charge is 2.23. The molecule has 2 unspecified atom stereocenters. The molecule has 0 amide bonds. The Morgan fingerprint density at radius 2 is 2.06 bits per heavy atom. The van der Waals surface area contributed by atoms with Crippen LogP contribution in [0, 0.1) is 12.8 Å². The highest BCUT2D eigenvalue weighted by molar-refractivity contribution is 5.60. The van der Waals surface area contributed by atoms with Crippen LogP contribution in [0.3, 0.4) is 0 Å². The second-order valence-electron chi connectivity index (χ2n) is 5.70. The first-order valence-electron chi connectivity index (χ1n) is 7.19. The van der Waals surface area contributed by atoms with Crippen molar-refractivity contribution in [3.63, 3.8) is 0 Å². The maximum atomic E-state index is 3.56. The zero-order chi connectivity index (χ0) is 13.1. The molecule has 1 aromatic carbocycles. The van der Waals surface area contributed by atoms with Gasteiger partial charge in [-0.3, -0.25) is 0 Å². The molecule has 0 spiro atoms. The molecule has 18 heavy (non-hydrogen) atoms. The third kappa shape index (κ3) is 2.69. The Morgan fingerprint density at radius 3 is 2.78 bits per heavy atom. The Hall–Kier alpha value is -1.02.